The van der Waals surface area contributed by atoms with Crippen LogP contribution in [0.25, 0.3) is 11.0 Å². The molecule has 1 fully saturated rings. The third kappa shape index (κ3) is 1.70. The summed E-state index contributed by atoms with van der Waals surface area (Å²) in [6.45, 7) is 0. The quantitative estimate of drug-likeness (QED) is 0.560. The van der Waals surface area contributed by atoms with Crippen molar-refractivity contribution in [2.24, 2.45) is 7.05 Å². The molecule has 0 bridgehead atoms. The number of nitrogens with two attached hydrogens (primary N) is 1. The molecule has 1 aromatic heterocycles. The number of hydrogen-bond donors (Lipinski definition) is 2. The molecule has 104 valence electrons. The number of imidazole rings is 1. The van der Waals surface area contributed by atoms with Crippen molar-refractivity contribution < 1.29 is 9.59 Å². The van der Waals surface area contributed by atoms with E-state index < -0.39 is 11.9 Å². The first kappa shape index (κ1) is 12.5. The molecule has 7 heteroatoms. The number of aryl methyl sites for hydroxylation is 1. The smallest absolute Gasteiger partial charge is 0.329 e. The number of nitrogens with zero attached hydrogens (tertiary/aromatic N) is 2. The van der Waals surface area contributed by atoms with Crippen LogP contribution in [0.15, 0.2) is 23.0 Å². The lowest BCUT2D eigenvalue weighted by Gasteiger charge is -2.21. The summed E-state index contributed by atoms with van der Waals surface area (Å²) >= 11 is 0. The average molecular weight is 274 g/mol. The Balaban J connectivity index is 2.21. The molecular weight excluding hydrogens is 260 g/mol. The largest absolute Gasteiger partial charge is 0.399 e. The summed E-state index contributed by atoms with van der Waals surface area (Å²) in [5.74, 6) is -0.739. The van der Waals surface area contributed by atoms with E-state index >= 15 is 0 Å². The highest BCUT2D eigenvalue weighted by molar-refractivity contribution is 6.00. The number of imide groups is 1. The van der Waals surface area contributed by atoms with Crippen LogP contribution in [-0.2, 0) is 16.6 Å². The van der Waals surface area contributed by atoms with Crippen molar-refractivity contribution >= 4 is 28.5 Å². The summed E-state index contributed by atoms with van der Waals surface area (Å²) in [7, 11) is 1.63. The Hall–Kier alpha value is -2.57. The van der Waals surface area contributed by atoms with E-state index in [1.54, 1.807) is 25.2 Å². The molecule has 1 aliphatic heterocycles. The second-order valence-electron chi connectivity index (χ2n) is 4.93. The van der Waals surface area contributed by atoms with E-state index in [-0.39, 0.29) is 18.0 Å². The van der Waals surface area contributed by atoms with Gasteiger partial charge < -0.3 is 5.73 Å². The first-order valence-electron chi connectivity index (χ1n) is 6.29. The first-order valence-corrected chi connectivity index (χ1v) is 6.29. The number of anilines is 1. The highest BCUT2D eigenvalue weighted by Gasteiger charge is 2.31. The molecule has 0 spiro atoms. The van der Waals surface area contributed by atoms with Crippen LogP contribution < -0.4 is 16.7 Å². The van der Waals surface area contributed by atoms with Crippen molar-refractivity contribution in [2.75, 3.05) is 5.73 Å². The molecule has 7 nitrogen and oxygen atoms in total. The molecule has 1 atom stereocenters. The van der Waals surface area contributed by atoms with Crippen molar-refractivity contribution in [2.45, 2.75) is 18.9 Å². The number of aromatic nitrogens is 2. The van der Waals surface area contributed by atoms with Gasteiger partial charge >= 0.3 is 5.69 Å². The van der Waals surface area contributed by atoms with E-state index in [1.807, 2.05) is 0 Å². The van der Waals surface area contributed by atoms with Crippen LogP contribution in [-0.4, -0.2) is 20.9 Å². The molecule has 20 heavy (non-hydrogen) atoms. The van der Waals surface area contributed by atoms with Crippen LogP contribution in [0.2, 0.25) is 0 Å². The molecule has 1 aromatic carbocycles. The normalized spacial score (nSPS) is 19.4. The predicted molar refractivity (Wildman–Crippen MR) is 73.0 cm³/mol. The van der Waals surface area contributed by atoms with Gasteiger partial charge in [-0.2, -0.15) is 0 Å². The van der Waals surface area contributed by atoms with Crippen molar-refractivity contribution in [1.29, 1.82) is 0 Å². The lowest BCUT2D eigenvalue weighted by Crippen LogP contribution is -2.44. The number of nitrogens with one attached hydrogen (secondary N) is 1. The second kappa shape index (κ2) is 4.22. The van der Waals surface area contributed by atoms with Gasteiger partial charge in [-0.3, -0.25) is 24.0 Å². The monoisotopic (exact) mass is 274 g/mol. The summed E-state index contributed by atoms with van der Waals surface area (Å²) in [6.07, 6.45) is 0.558. The van der Waals surface area contributed by atoms with Gasteiger partial charge in [0.05, 0.1) is 11.0 Å². The molecule has 3 N–H and O–H groups in total. The van der Waals surface area contributed by atoms with E-state index in [0.717, 1.165) is 0 Å². The summed E-state index contributed by atoms with van der Waals surface area (Å²) in [4.78, 5) is 35.5. The number of nitrogen functional groups attached to an aromatic ring is 1. The fourth-order valence-corrected chi connectivity index (χ4v) is 2.61. The Morgan fingerprint density at radius 3 is 2.70 bits per heavy atom. The third-order valence-corrected chi connectivity index (χ3v) is 3.64. The van der Waals surface area contributed by atoms with Gasteiger partial charge in [0.25, 0.3) is 0 Å². The lowest BCUT2D eigenvalue weighted by molar-refractivity contribution is -0.135. The van der Waals surface area contributed by atoms with E-state index in [1.165, 1.54) is 9.13 Å². The predicted octanol–water partition coefficient (Wildman–Crippen LogP) is -0.100. The number of amides is 2. The maximum atomic E-state index is 12.3. The average Bonchev–Trinajstić information content (AvgIpc) is 2.63. The molecule has 1 unspecified atom stereocenters. The van der Waals surface area contributed by atoms with Crippen molar-refractivity contribution in [1.82, 2.24) is 14.5 Å². The Morgan fingerprint density at radius 1 is 1.25 bits per heavy atom. The van der Waals surface area contributed by atoms with Crippen LogP contribution in [0.4, 0.5) is 5.69 Å². The minimum Gasteiger partial charge on any atom is -0.399 e. The molecule has 3 rings (SSSR count). The van der Waals surface area contributed by atoms with Gasteiger partial charge in [-0.05, 0) is 24.6 Å². The molecule has 1 aliphatic rings. The molecule has 1 saturated heterocycles. The minimum absolute atomic E-state index is 0.230. The van der Waals surface area contributed by atoms with Crippen LogP contribution in [0, 0.1) is 0 Å². The van der Waals surface area contributed by atoms with Crippen LogP contribution in [0.1, 0.15) is 18.9 Å². The van der Waals surface area contributed by atoms with Gasteiger partial charge in [0, 0.05) is 19.2 Å². The molecule has 2 heterocycles. The van der Waals surface area contributed by atoms with E-state index in [0.29, 0.717) is 23.1 Å². The standard InChI is InChI=1S/C13H14N4O3/c1-16-10-6-7(14)2-3-8(10)17(13(16)20)9-4-5-11(18)15-12(9)19/h2-3,6,9H,4-5,14H2,1H3,(H,15,18,19). The van der Waals surface area contributed by atoms with Crippen molar-refractivity contribution in [3.05, 3.63) is 28.7 Å². The zero-order chi connectivity index (χ0) is 14.4. The van der Waals surface area contributed by atoms with Crippen LogP contribution in [0.3, 0.4) is 0 Å². The summed E-state index contributed by atoms with van der Waals surface area (Å²) < 4.78 is 2.88. The Kier molecular flexibility index (Phi) is 2.63. The second-order valence-corrected chi connectivity index (χ2v) is 4.93. The van der Waals surface area contributed by atoms with E-state index in [9.17, 15) is 14.4 Å². The Morgan fingerprint density at radius 2 is 2.00 bits per heavy atom. The van der Waals surface area contributed by atoms with Gasteiger partial charge in [0.1, 0.15) is 6.04 Å². The van der Waals surface area contributed by atoms with Crippen LogP contribution in [0.5, 0.6) is 0 Å². The van der Waals surface area contributed by atoms with Gasteiger partial charge in [0.15, 0.2) is 0 Å². The maximum Gasteiger partial charge on any atom is 0.329 e. The molecule has 2 amide bonds. The molecule has 0 saturated carbocycles. The first-order chi connectivity index (χ1) is 9.49. The fraction of sp³-hybridized carbons (Fsp3) is 0.308. The molecular formula is C13H14N4O3. The third-order valence-electron chi connectivity index (χ3n) is 3.64. The summed E-state index contributed by atoms with van der Waals surface area (Å²) in [6, 6.07) is 4.44. The number of rotatable bonds is 1. The number of hydrogen-bond acceptors (Lipinski definition) is 4. The fourth-order valence-electron chi connectivity index (χ4n) is 2.61. The zero-order valence-electron chi connectivity index (χ0n) is 10.9. The minimum atomic E-state index is -0.660. The Bertz CT molecular complexity index is 787. The lowest BCUT2D eigenvalue weighted by atomic mass is 10.1. The van der Waals surface area contributed by atoms with Crippen molar-refractivity contribution in [3.63, 3.8) is 0 Å². The van der Waals surface area contributed by atoms with Crippen molar-refractivity contribution in [3.8, 4) is 0 Å². The van der Waals surface area contributed by atoms with E-state index in [2.05, 4.69) is 5.32 Å². The number of carbonyl (C=O) groups excluding carboxylic acids is 2. The highest BCUT2D eigenvalue weighted by atomic mass is 16.2. The summed E-state index contributed by atoms with van der Waals surface area (Å²) in [5, 5.41) is 2.27. The highest BCUT2D eigenvalue weighted by Crippen LogP contribution is 2.23. The van der Waals surface area contributed by atoms with Gasteiger partial charge in [-0.1, -0.05) is 0 Å². The number of piperidine rings is 1. The number of fused-ring (bicyclic) bond motifs is 1. The zero-order valence-corrected chi connectivity index (χ0v) is 10.9. The van der Waals surface area contributed by atoms with Gasteiger partial charge in [-0.25, -0.2) is 4.79 Å². The number of benzene rings is 1. The summed E-state index contributed by atoms with van der Waals surface area (Å²) in [5.41, 5.74) is 7.29. The maximum absolute atomic E-state index is 12.3. The van der Waals surface area contributed by atoms with Crippen LogP contribution >= 0.6 is 0 Å². The molecule has 0 aliphatic carbocycles. The van der Waals surface area contributed by atoms with E-state index in [4.69, 9.17) is 5.73 Å². The van der Waals surface area contributed by atoms with Gasteiger partial charge in [0.2, 0.25) is 11.8 Å². The SMILES string of the molecule is Cn1c(=O)n(C2CCC(=O)NC2=O)c2ccc(N)cc21. The molecule has 0 radical (unpaired) electrons. The molecule has 2 aromatic rings. The van der Waals surface area contributed by atoms with Gasteiger partial charge in [-0.15, -0.1) is 0 Å². The Labute approximate surface area is 114 Å². The number of carbonyl (C=O) groups is 2. The topological polar surface area (TPSA) is 99.1 Å².